The van der Waals surface area contributed by atoms with Gasteiger partial charge in [-0.15, -0.1) is 24.0 Å². The Bertz CT molecular complexity index is 652. The van der Waals surface area contributed by atoms with Crippen molar-refractivity contribution in [1.82, 2.24) is 10.2 Å². The molecule has 5 nitrogen and oxygen atoms in total. The zero-order valence-electron chi connectivity index (χ0n) is 18.4. The number of nitrogens with one attached hydrogen (secondary N) is 1. The van der Waals surface area contributed by atoms with Crippen LogP contribution in [0.25, 0.3) is 0 Å². The van der Waals surface area contributed by atoms with Crippen LogP contribution < -0.4 is 5.32 Å². The maximum atomic E-state index is 6.16. The Morgan fingerprint density at radius 3 is 2.57 bits per heavy atom. The van der Waals surface area contributed by atoms with Gasteiger partial charge in [0.1, 0.15) is 0 Å². The second-order valence-electron chi connectivity index (χ2n) is 9.07. The van der Waals surface area contributed by atoms with E-state index in [0.717, 1.165) is 64.5 Å². The third kappa shape index (κ3) is 6.82. The molecule has 1 aromatic rings. The van der Waals surface area contributed by atoms with Gasteiger partial charge in [-0.25, -0.2) is 0 Å². The summed E-state index contributed by atoms with van der Waals surface area (Å²) >= 11 is 0. The highest BCUT2D eigenvalue weighted by molar-refractivity contribution is 14.0. The molecule has 2 saturated heterocycles. The van der Waals surface area contributed by atoms with Crippen molar-refractivity contribution in [3.8, 4) is 0 Å². The zero-order chi connectivity index (χ0) is 19.9. The molecule has 0 radical (unpaired) electrons. The van der Waals surface area contributed by atoms with Crippen molar-refractivity contribution in [3.63, 3.8) is 0 Å². The molecule has 3 aliphatic rings. The molecule has 1 atom stereocenters. The third-order valence-corrected chi connectivity index (χ3v) is 6.75. The van der Waals surface area contributed by atoms with Crippen LogP contribution in [-0.4, -0.2) is 63.0 Å². The maximum Gasteiger partial charge on any atom is 0.193 e. The van der Waals surface area contributed by atoms with Crippen molar-refractivity contribution in [3.05, 3.63) is 35.9 Å². The van der Waals surface area contributed by atoms with Gasteiger partial charge in [-0.2, -0.15) is 0 Å². The quantitative estimate of drug-likeness (QED) is 0.327. The Kier molecular flexibility index (Phi) is 9.26. The largest absolute Gasteiger partial charge is 0.376 e. The second-order valence-corrected chi connectivity index (χ2v) is 9.07. The van der Waals surface area contributed by atoms with E-state index in [-0.39, 0.29) is 24.0 Å². The van der Waals surface area contributed by atoms with E-state index in [1.54, 1.807) is 0 Å². The lowest BCUT2D eigenvalue weighted by atomic mass is 9.96. The Morgan fingerprint density at radius 1 is 1.17 bits per heavy atom. The number of piperidine rings is 1. The number of rotatable bonds is 7. The molecule has 1 unspecified atom stereocenters. The van der Waals surface area contributed by atoms with Crippen LogP contribution in [0.4, 0.5) is 0 Å². The van der Waals surface area contributed by atoms with Gasteiger partial charge in [-0.1, -0.05) is 30.3 Å². The Labute approximate surface area is 199 Å². The van der Waals surface area contributed by atoms with E-state index in [1.807, 2.05) is 7.05 Å². The summed E-state index contributed by atoms with van der Waals surface area (Å²) < 4.78 is 12.0. The van der Waals surface area contributed by atoms with Gasteiger partial charge in [-0.05, 0) is 62.3 Å². The molecule has 2 heterocycles. The molecule has 6 heteroatoms. The van der Waals surface area contributed by atoms with Gasteiger partial charge >= 0.3 is 0 Å². The smallest absolute Gasteiger partial charge is 0.193 e. The van der Waals surface area contributed by atoms with E-state index >= 15 is 0 Å². The number of hydrogen-bond acceptors (Lipinski definition) is 3. The van der Waals surface area contributed by atoms with Gasteiger partial charge in [0.15, 0.2) is 5.96 Å². The fraction of sp³-hybridized carbons (Fsp3) is 0.708. The van der Waals surface area contributed by atoms with Gasteiger partial charge in [-0.3, -0.25) is 4.99 Å². The molecule has 3 fully saturated rings. The number of guanidine groups is 1. The Hall–Kier alpha value is -0.860. The zero-order valence-corrected chi connectivity index (χ0v) is 20.7. The first-order valence-corrected chi connectivity index (χ1v) is 11.5. The minimum Gasteiger partial charge on any atom is -0.376 e. The third-order valence-electron chi connectivity index (χ3n) is 6.75. The lowest BCUT2D eigenvalue weighted by Gasteiger charge is -2.35. The summed E-state index contributed by atoms with van der Waals surface area (Å²) in [5, 5.41) is 3.68. The average Bonchev–Trinajstić information content (AvgIpc) is 3.54. The van der Waals surface area contributed by atoms with E-state index in [1.165, 1.54) is 31.2 Å². The number of benzene rings is 1. The van der Waals surface area contributed by atoms with Crippen LogP contribution in [0.2, 0.25) is 0 Å². The number of hydrogen-bond donors (Lipinski definition) is 1. The van der Waals surface area contributed by atoms with Crippen molar-refractivity contribution < 1.29 is 9.47 Å². The molecule has 0 bridgehead atoms. The molecule has 1 aliphatic carbocycles. The first-order valence-electron chi connectivity index (χ1n) is 11.5. The highest BCUT2D eigenvalue weighted by atomic mass is 127. The molecule has 0 amide bonds. The van der Waals surface area contributed by atoms with Crippen LogP contribution in [0.15, 0.2) is 35.3 Å². The van der Waals surface area contributed by atoms with E-state index < -0.39 is 0 Å². The van der Waals surface area contributed by atoms with Crippen molar-refractivity contribution in [2.24, 2.45) is 10.4 Å². The minimum absolute atomic E-state index is 0. The lowest BCUT2D eigenvalue weighted by molar-refractivity contribution is -0.0721. The fourth-order valence-corrected chi connectivity index (χ4v) is 4.64. The van der Waals surface area contributed by atoms with Crippen LogP contribution in [0, 0.1) is 5.41 Å². The molecule has 2 aliphatic heterocycles. The summed E-state index contributed by atoms with van der Waals surface area (Å²) in [6.45, 7) is 4.72. The standard InChI is InChI=1S/C24H37N3O2.HI/c1-25-23(26-19-24(12-13-24)17-20-7-3-2-4-8-20)27-14-10-21(11-15-27)29-18-22-9-5-6-16-28-22;/h2-4,7-8,21-22H,5-6,9-19H2,1H3,(H,25,26);1H. The predicted molar refractivity (Wildman–Crippen MR) is 133 cm³/mol. The van der Waals surface area contributed by atoms with Crippen LogP contribution in [-0.2, 0) is 15.9 Å². The highest BCUT2D eigenvalue weighted by Crippen LogP contribution is 2.47. The van der Waals surface area contributed by atoms with Crippen LogP contribution >= 0.6 is 24.0 Å². The van der Waals surface area contributed by atoms with Crippen LogP contribution in [0.5, 0.6) is 0 Å². The van der Waals surface area contributed by atoms with E-state index in [4.69, 9.17) is 9.47 Å². The normalized spacial score (nSPS) is 24.2. The summed E-state index contributed by atoms with van der Waals surface area (Å²) in [4.78, 5) is 6.96. The second kappa shape index (κ2) is 11.7. The predicted octanol–water partition coefficient (Wildman–Crippen LogP) is 4.25. The minimum atomic E-state index is 0. The molecule has 0 spiro atoms. The SMILES string of the molecule is CN=C(NCC1(Cc2ccccc2)CC1)N1CCC(OCC2CCCCO2)CC1.I. The first-order chi connectivity index (χ1) is 14.3. The summed E-state index contributed by atoms with van der Waals surface area (Å²) in [7, 11) is 1.90. The first kappa shape index (κ1) is 23.8. The number of halogens is 1. The van der Waals surface area contributed by atoms with Gasteiger partial charge in [0.25, 0.3) is 0 Å². The van der Waals surface area contributed by atoms with E-state index in [0.29, 0.717) is 17.6 Å². The molecular weight excluding hydrogens is 489 g/mol. The Balaban J connectivity index is 0.00000256. The molecule has 1 saturated carbocycles. The fourth-order valence-electron chi connectivity index (χ4n) is 4.64. The Morgan fingerprint density at radius 2 is 1.93 bits per heavy atom. The summed E-state index contributed by atoms with van der Waals surface area (Å²) in [5.41, 5.74) is 1.86. The number of aliphatic imine (C=N–C) groups is 1. The number of likely N-dealkylation sites (tertiary alicyclic amines) is 1. The van der Waals surface area contributed by atoms with E-state index in [2.05, 4.69) is 45.5 Å². The lowest BCUT2D eigenvalue weighted by Crippen LogP contribution is -2.48. The van der Waals surface area contributed by atoms with Gasteiger partial charge < -0.3 is 19.7 Å². The van der Waals surface area contributed by atoms with Crippen molar-refractivity contribution in [2.75, 3.05) is 39.9 Å². The van der Waals surface area contributed by atoms with Crippen molar-refractivity contribution in [1.29, 1.82) is 0 Å². The van der Waals surface area contributed by atoms with Gasteiger partial charge in [0.2, 0.25) is 0 Å². The summed E-state index contributed by atoms with van der Waals surface area (Å²) in [6.07, 6.45) is 10.2. The van der Waals surface area contributed by atoms with Crippen molar-refractivity contribution >= 4 is 29.9 Å². The molecule has 0 aromatic heterocycles. The number of nitrogens with zero attached hydrogens (tertiary/aromatic N) is 2. The molecule has 168 valence electrons. The van der Waals surface area contributed by atoms with Crippen LogP contribution in [0.1, 0.15) is 50.5 Å². The van der Waals surface area contributed by atoms with Crippen LogP contribution in [0.3, 0.4) is 0 Å². The summed E-state index contributed by atoms with van der Waals surface area (Å²) in [6, 6.07) is 10.9. The molecule has 4 rings (SSSR count). The van der Waals surface area contributed by atoms with Crippen molar-refractivity contribution in [2.45, 2.75) is 63.6 Å². The monoisotopic (exact) mass is 527 g/mol. The summed E-state index contributed by atoms with van der Waals surface area (Å²) in [5.74, 6) is 1.05. The van der Waals surface area contributed by atoms with Gasteiger partial charge in [0.05, 0.1) is 18.8 Å². The highest BCUT2D eigenvalue weighted by Gasteiger charge is 2.42. The molecular formula is C24H38IN3O2. The maximum absolute atomic E-state index is 6.16. The van der Waals surface area contributed by atoms with E-state index in [9.17, 15) is 0 Å². The molecule has 1 N–H and O–H groups in total. The van der Waals surface area contributed by atoms with Gasteiger partial charge in [0, 0.05) is 33.3 Å². The molecule has 1 aromatic carbocycles. The molecule has 30 heavy (non-hydrogen) atoms. The topological polar surface area (TPSA) is 46.1 Å². The number of ether oxygens (including phenoxy) is 2. The average molecular weight is 527 g/mol.